The molecule has 0 spiro atoms. The van der Waals surface area contributed by atoms with Crippen molar-refractivity contribution in [1.29, 1.82) is 0 Å². The van der Waals surface area contributed by atoms with Gasteiger partial charge in [-0.25, -0.2) is 0 Å². The topological polar surface area (TPSA) is 102 Å². The van der Waals surface area contributed by atoms with E-state index in [1.165, 1.54) is 0 Å². The van der Waals surface area contributed by atoms with Crippen LogP contribution < -0.4 is 0 Å². The normalized spacial score (nSPS) is 14.6. The second-order valence-electron chi connectivity index (χ2n) is 21.8. The summed E-state index contributed by atoms with van der Waals surface area (Å²) in [5.41, 5.74) is 0. The Morgan fingerprint density at radius 3 is 0.267 bits per heavy atom. The van der Waals surface area contributed by atoms with Crippen molar-refractivity contribution < 1.29 is 45.3 Å². The SMILES string of the molecule is CC[Si](CC)(CC)O[Si](CC)(CC)O[Si](CC)(CC)O[Si](CC)(CC)O[Si](CC)(CC)O[Si](CC)(CC)O[Si](CC)(CC)O[Si](CC)(CC)O[Si](CC)(CC)O[Si](CC)(CC)O[Si](CC)(CC)O[Si](CC)(CC)CC. The molecule has 452 valence electrons. The lowest BCUT2D eigenvalue weighted by Gasteiger charge is -2.51. The molecular formula is C52H130O11Si12. The minimum atomic E-state index is -2.96. The van der Waals surface area contributed by atoms with Gasteiger partial charge in [0.2, 0.25) is 0 Å². The van der Waals surface area contributed by atoms with E-state index in [-0.39, 0.29) is 0 Å². The Kier molecular flexibility index (Phi) is 35.8. The molecule has 0 atom stereocenters. The molecule has 0 rings (SSSR count). The summed E-state index contributed by atoms with van der Waals surface area (Å²) >= 11 is 0. The predicted molar refractivity (Wildman–Crippen MR) is 353 cm³/mol. The second kappa shape index (κ2) is 34.8. The highest BCUT2D eigenvalue weighted by molar-refractivity contribution is 6.96. The number of hydrogen-bond donors (Lipinski definition) is 0. The first-order valence-electron chi connectivity index (χ1n) is 32.1. The molecule has 0 N–H and O–H groups in total. The molecule has 11 nitrogen and oxygen atoms in total. The largest absolute Gasteiger partial charge is 0.436 e. The summed E-state index contributed by atoms with van der Waals surface area (Å²) in [6.45, 7) is 60.0. The molecule has 23 heteroatoms. The van der Waals surface area contributed by atoms with Gasteiger partial charge in [-0.15, -0.1) is 0 Å². The van der Waals surface area contributed by atoms with Crippen LogP contribution in [0.3, 0.4) is 0 Å². The zero-order valence-corrected chi connectivity index (χ0v) is 66.9. The first-order valence-corrected chi connectivity index (χ1v) is 59.4. The van der Waals surface area contributed by atoms with Gasteiger partial charge in [0, 0.05) is 0 Å². The third-order valence-corrected chi connectivity index (χ3v) is 81.3. The lowest BCUT2D eigenvalue weighted by Crippen LogP contribution is -2.68. The van der Waals surface area contributed by atoms with Gasteiger partial charge in [0.1, 0.15) is 0 Å². The van der Waals surface area contributed by atoms with Gasteiger partial charge in [0.05, 0.1) is 0 Å². The highest BCUT2D eigenvalue weighted by Gasteiger charge is 2.60. The molecule has 0 aliphatic carbocycles. The van der Waals surface area contributed by atoms with Crippen molar-refractivity contribution >= 4 is 102 Å². The molecule has 0 aliphatic heterocycles. The van der Waals surface area contributed by atoms with Crippen molar-refractivity contribution in [3.05, 3.63) is 0 Å². The molecule has 0 aromatic rings. The predicted octanol–water partition coefficient (Wildman–Crippen LogP) is 20.0. The Morgan fingerprint density at radius 2 is 0.200 bits per heavy atom. The maximum atomic E-state index is 7.98. The molecule has 0 saturated heterocycles. The lowest BCUT2D eigenvalue weighted by atomic mass is 10.9. The molecule has 0 radical (unpaired) electrons. The van der Waals surface area contributed by atoms with Crippen molar-refractivity contribution in [2.24, 2.45) is 0 Å². The van der Waals surface area contributed by atoms with E-state index in [9.17, 15) is 0 Å². The molecule has 0 fully saturated rings. The monoisotopic (exact) mass is 1270 g/mol. The lowest BCUT2D eigenvalue weighted by molar-refractivity contribution is 0.226. The summed E-state index contributed by atoms with van der Waals surface area (Å²) in [5.74, 6) is 0. The van der Waals surface area contributed by atoms with Gasteiger partial charge in [0.25, 0.3) is 0 Å². The van der Waals surface area contributed by atoms with Crippen molar-refractivity contribution in [1.82, 2.24) is 0 Å². The van der Waals surface area contributed by atoms with Gasteiger partial charge in [-0.2, -0.15) is 0 Å². The molecule has 0 saturated carbocycles. The minimum absolute atomic E-state index is 0.828. The smallest absolute Gasteiger partial charge is 0.320 e. The third kappa shape index (κ3) is 19.6. The van der Waals surface area contributed by atoms with Gasteiger partial charge in [-0.05, 0) is 157 Å². The van der Waals surface area contributed by atoms with Crippen LogP contribution in [0.4, 0.5) is 0 Å². The van der Waals surface area contributed by atoms with Gasteiger partial charge in [-0.1, -0.05) is 180 Å². The average molecular weight is 1270 g/mol. The number of hydrogen-bond acceptors (Lipinski definition) is 11. The summed E-state index contributed by atoms with van der Waals surface area (Å²) in [5, 5.41) is 0. The number of rotatable bonds is 48. The van der Waals surface area contributed by atoms with E-state index in [0.717, 1.165) is 157 Å². The fourth-order valence-electron chi connectivity index (χ4n) is 11.4. The molecule has 0 aromatic heterocycles. The van der Waals surface area contributed by atoms with E-state index in [4.69, 9.17) is 45.3 Å². The molecular weight excluding hydrogens is 1140 g/mol. The van der Waals surface area contributed by atoms with Gasteiger partial charge >= 0.3 is 85.6 Å². The highest BCUT2D eigenvalue weighted by Crippen LogP contribution is 2.44. The standard InChI is InChI=1S/C52H130O11Si12/c1-27-64(28-2,29-3)53-66(33-7,34-8)55-68(37-11,38-12)57-70(41-15,42-16)59-72(45-19,46-20)61-74(49-23,50-24)63-75(51-25,52-26)62-73(47-21,48-22)60-71(43-17,44-18)58-69(39-13,40-14)56-67(35-9,36-10)54-65(30-4,31-5)32-6/h27-52H2,1-26H3. The van der Waals surface area contributed by atoms with Crippen LogP contribution in [0, 0.1) is 0 Å². The molecule has 0 amide bonds. The van der Waals surface area contributed by atoms with E-state index in [0.29, 0.717) is 0 Å². The maximum absolute atomic E-state index is 7.98. The molecule has 75 heavy (non-hydrogen) atoms. The average Bonchev–Trinajstić information content (AvgIpc) is 3.47. The van der Waals surface area contributed by atoms with E-state index in [1.807, 2.05) is 0 Å². The summed E-state index contributed by atoms with van der Waals surface area (Å²) in [6.07, 6.45) is 0. The van der Waals surface area contributed by atoms with Crippen LogP contribution in [0.25, 0.3) is 0 Å². The van der Waals surface area contributed by atoms with Gasteiger partial charge < -0.3 is 45.3 Å². The van der Waals surface area contributed by atoms with Crippen LogP contribution in [-0.4, -0.2) is 102 Å². The van der Waals surface area contributed by atoms with Crippen LogP contribution in [0.5, 0.6) is 0 Å². The van der Waals surface area contributed by atoms with Crippen molar-refractivity contribution in [2.75, 3.05) is 0 Å². The Bertz CT molecular complexity index is 1370. The summed E-state index contributed by atoms with van der Waals surface area (Å²) in [6, 6.07) is 24.1. The van der Waals surface area contributed by atoms with Crippen LogP contribution in [0.1, 0.15) is 180 Å². The Morgan fingerprint density at radius 1 is 0.120 bits per heavy atom. The van der Waals surface area contributed by atoms with Crippen LogP contribution in [-0.2, 0) is 45.3 Å². The Labute approximate surface area is 481 Å². The Hall–Kier alpha value is 2.16. The zero-order chi connectivity index (χ0) is 58.2. The van der Waals surface area contributed by atoms with Crippen LogP contribution in [0.15, 0.2) is 0 Å². The summed E-state index contributed by atoms with van der Waals surface area (Å²) < 4.78 is 86.0. The van der Waals surface area contributed by atoms with E-state index in [2.05, 4.69) is 180 Å². The zero-order valence-electron chi connectivity index (χ0n) is 54.9. The first-order chi connectivity index (χ1) is 35.4. The third-order valence-electron chi connectivity index (χ3n) is 18.8. The highest BCUT2D eigenvalue weighted by atomic mass is 28.5. The van der Waals surface area contributed by atoms with E-state index >= 15 is 0 Å². The Balaban J connectivity index is 7.68. The fraction of sp³-hybridized carbons (Fsp3) is 1.00. The van der Waals surface area contributed by atoms with E-state index in [1.54, 1.807) is 0 Å². The fourth-order valence-corrected chi connectivity index (χ4v) is 82.1. The molecule has 0 unspecified atom stereocenters. The first kappa shape index (κ1) is 77.2. The van der Waals surface area contributed by atoms with Crippen molar-refractivity contribution in [3.8, 4) is 0 Å². The molecule has 0 aromatic carbocycles. The summed E-state index contributed by atoms with van der Waals surface area (Å²) in [4.78, 5) is 0. The molecule has 0 bridgehead atoms. The quantitative estimate of drug-likeness (QED) is 0.0544. The van der Waals surface area contributed by atoms with Crippen molar-refractivity contribution in [3.63, 3.8) is 0 Å². The maximum Gasteiger partial charge on any atom is 0.320 e. The van der Waals surface area contributed by atoms with Crippen LogP contribution in [0.2, 0.25) is 157 Å². The molecule has 0 heterocycles. The van der Waals surface area contributed by atoms with E-state index < -0.39 is 102 Å². The minimum Gasteiger partial charge on any atom is -0.436 e. The van der Waals surface area contributed by atoms with Crippen molar-refractivity contribution in [2.45, 2.75) is 337 Å². The van der Waals surface area contributed by atoms with Crippen LogP contribution >= 0.6 is 0 Å². The van der Waals surface area contributed by atoms with Gasteiger partial charge in [0.15, 0.2) is 16.6 Å². The van der Waals surface area contributed by atoms with Gasteiger partial charge in [-0.3, -0.25) is 0 Å². The molecule has 0 aliphatic rings. The second-order valence-corrected chi connectivity index (χ2v) is 72.1. The summed E-state index contributed by atoms with van der Waals surface area (Å²) in [7, 11) is -32.2.